The van der Waals surface area contributed by atoms with E-state index in [9.17, 15) is 4.79 Å². The molecule has 4 atom stereocenters. The van der Waals surface area contributed by atoms with Crippen LogP contribution in [0.15, 0.2) is 0 Å². The third-order valence-electron chi connectivity index (χ3n) is 3.77. The number of esters is 1. The van der Waals surface area contributed by atoms with Crippen molar-refractivity contribution in [3.05, 3.63) is 0 Å². The highest BCUT2D eigenvalue weighted by atomic mass is 16.7. The van der Waals surface area contributed by atoms with Gasteiger partial charge in [-0.05, 0) is 27.7 Å². The number of rotatable bonds is 17. The summed E-state index contributed by atoms with van der Waals surface area (Å²) in [5, 5.41) is 0. The molecule has 1 fully saturated rings. The molecule has 0 aromatic carbocycles. The molecule has 10 nitrogen and oxygen atoms in total. The van der Waals surface area contributed by atoms with Gasteiger partial charge in [0.05, 0.1) is 6.61 Å². The highest BCUT2D eigenvalue weighted by molar-refractivity contribution is 5.77. The van der Waals surface area contributed by atoms with Gasteiger partial charge in [0.15, 0.2) is 12.2 Å². The standard InChI is InChI=1S/C18H34O10/c1-5-20-10-24-9-14-15(25-11-21-6-2)16(26-12-22-7-3)17(18(19)28-14)27-13-23-8-4/h14-17H,5-13H2,1-4H3/t14-,15-,16+,17-/m1/s1. The summed E-state index contributed by atoms with van der Waals surface area (Å²) in [6, 6.07) is 0. The Hall–Kier alpha value is -0.850. The van der Waals surface area contributed by atoms with Crippen molar-refractivity contribution < 1.29 is 47.4 Å². The summed E-state index contributed by atoms with van der Waals surface area (Å²) >= 11 is 0. The van der Waals surface area contributed by atoms with Crippen molar-refractivity contribution in [3.8, 4) is 0 Å². The van der Waals surface area contributed by atoms with Gasteiger partial charge in [-0.1, -0.05) is 0 Å². The van der Waals surface area contributed by atoms with Gasteiger partial charge in [0.25, 0.3) is 0 Å². The predicted octanol–water partition coefficient (Wildman–Crippen LogP) is 1.06. The summed E-state index contributed by atoms with van der Waals surface area (Å²) < 4.78 is 48.9. The Morgan fingerprint density at radius 3 is 1.75 bits per heavy atom. The van der Waals surface area contributed by atoms with Crippen LogP contribution < -0.4 is 0 Å². The fourth-order valence-corrected chi connectivity index (χ4v) is 2.41. The molecule has 1 aliphatic heterocycles. The Balaban J connectivity index is 2.86. The molecular formula is C18H34O10. The van der Waals surface area contributed by atoms with Crippen LogP contribution in [0.2, 0.25) is 0 Å². The third-order valence-corrected chi connectivity index (χ3v) is 3.77. The maximum atomic E-state index is 12.5. The van der Waals surface area contributed by atoms with Crippen molar-refractivity contribution >= 4 is 5.97 Å². The zero-order valence-electron chi connectivity index (χ0n) is 17.3. The first-order valence-electron chi connectivity index (χ1n) is 9.63. The molecule has 1 aliphatic rings. The second-order valence-corrected chi connectivity index (χ2v) is 5.64. The number of carbonyl (C=O) groups excluding carboxylic acids is 1. The summed E-state index contributed by atoms with van der Waals surface area (Å²) in [7, 11) is 0. The summed E-state index contributed by atoms with van der Waals surface area (Å²) in [4.78, 5) is 12.5. The minimum absolute atomic E-state index is 0.00729. The van der Waals surface area contributed by atoms with E-state index in [2.05, 4.69) is 0 Å². The maximum Gasteiger partial charge on any atom is 0.338 e. The zero-order valence-corrected chi connectivity index (χ0v) is 17.3. The average Bonchev–Trinajstić information content (AvgIpc) is 2.69. The quantitative estimate of drug-likeness (QED) is 0.197. The van der Waals surface area contributed by atoms with Gasteiger partial charge in [-0.25, -0.2) is 4.79 Å². The lowest BCUT2D eigenvalue weighted by Gasteiger charge is -2.40. The Labute approximate surface area is 166 Å². The Bertz CT molecular complexity index is 395. The van der Waals surface area contributed by atoms with Gasteiger partial charge in [-0.15, -0.1) is 0 Å². The van der Waals surface area contributed by atoms with Crippen LogP contribution in [-0.4, -0.2) is 90.6 Å². The van der Waals surface area contributed by atoms with E-state index in [-0.39, 0.29) is 33.8 Å². The molecule has 0 N–H and O–H groups in total. The molecule has 0 aromatic rings. The molecule has 0 unspecified atom stereocenters. The molecule has 0 bridgehead atoms. The summed E-state index contributed by atoms with van der Waals surface area (Å²) in [5.74, 6) is -0.581. The topological polar surface area (TPSA) is 100 Å². The Morgan fingerprint density at radius 1 is 0.679 bits per heavy atom. The average molecular weight is 410 g/mol. The van der Waals surface area contributed by atoms with E-state index < -0.39 is 30.4 Å². The molecule has 0 spiro atoms. The van der Waals surface area contributed by atoms with E-state index in [4.69, 9.17) is 42.6 Å². The van der Waals surface area contributed by atoms with Gasteiger partial charge in [0, 0.05) is 26.4 Å². The van der Waals surface area contributed by atoms with Crippen molar-refractivity contribution in [2.24, 2.45) is 0 Å². The molecule has 10 heteroatoms. The highest BCUT2D eigenvalue weighted by Crippen LogP contribution is 2.25. The summed E-state index contributed by atoms with van der Waals surface area (Å²) in [6.07, 6.45) is -3.21. The van der Waals surface area contributed by atoms with Crippen LogP contribution >= 0.6 is 0 Å². The van der Waals surface area contributed by atoms with Gasteiger partial charge in [-0.3, -0.25) is 0 Å². The number of hydrogen-bond acceptors (Lipinski definition) is 10. The molecule has 28 heavy (non-hydrogen) atoms. The van der Waals surface area contributed by atoms with Gasteiger partial charge < -0.3 is 42.6 Å². The minimum Gasteiger partial charge on any atom is -0.455 e. The van der Waals surface area contributed by atoms with Crippen molar-refractivity contribution in [1.82, 2.24) is 0 Å². The van der Waals surface area contributed by atoms with Gasteiger partial charge in [0.2, 0.25) is 0 Å². The number of cyclic esters (lactones) is 1. The Morgan fingerprint density at radius 2 is 1.18 bits per heavy atom. The van der Waals surface area contributed by atoms with Crippen LogP contribution in [-0.2, 0) is 47.4 Å². The van der Waals surface area contributed by atoms with E-state index in [0.29, 0.717) is 26.4 Å². The van der Waals surface area contributed by atoms with Crippen molar-refractivity contribution in [2.45, 2.75) is 52.1 Å². The SMILES string of the molecule is CCOCOC[C@H]1OC(=O)[C@H](OCOCC)[C@@H](OCOCC)[C@@H]1OCOCC. The fourth-order valence-electron chi connectivity index (χ4n) is 2.41. The molecule has 0 aromatic heterocycles. The lowest BCUT2D eigenvalue weighted by molar-refractivity contribution is -0.268. The molecule has 1 rings (SSSR count). The Kier molecular flexibility index (Phi) is 14.4. The number of ether oxygens (including phenoxy) is 9. The monoisotopic (exact) mass is 410 g/mol. The first-order valence-corrected chi connectivity index (χ1v) is 9.63. The highest BCUT2D eigenvalue weighted by Gasteiger charge is 2.49. The molecule has 0 amide bonds. The predicted molar refractivity (Wildman–Crippen MR) is 96.4 cm³/mol. The second kappa shape index (κ2) is 16.0. The first kappa shape index (κ1) is 25.2. The molecule has 1 saturated heterocycles. The first-order chi connectivity index (χ1) is 13.7. The number of hydrogen-bond donors (Lipinski definition) is 0. The van der Waals surface area contributed by atoms with Crippen LogP contribution in [0.25, 0.3) is 0 Å². The van der Waals surface area contributed by atoms with E-state index in [1.165, 1.54) is 0 Å². The summed E-state index contributed by atoms with van der Waals surface area (Å²) in [6.45, 7) is 9.35. The largest absolute Gasteiger partial charge is 0.455 e. The maximum absolute atomic E-state index is 12.5. The van der Waals surface area contributed by atoms with E-state index in [1.807, 2.05) is 27.7 Å². The normalized spacial score (nSPS) is 25.1. The van der Waals surface area contributed by atoms with Crippen LogP contribution in [0.5, 0.6) is 0 Å². The van der Waals surface area contributed by atoms with Crippen molar-refractivity contribution in [1.29, 1.82) is 0 Å². The molecule has 0 aliphatic carbocycles. The zero-order chi connectivity index (χ0) is 20.6. The van der Waals surface area contributed by atoms with E-state index in [0.717, 1.165) is 0 Å². The lowest BCUT2D eigenvalue weighted by Crippen LogP contribution is -2.60. The van der Waals surface area contributed by atoms with Crippen molar-refractivity contribution in [2.75, 3.05) is 60.2 Å². The minimum atomic E-state index is -1.03. The molecule has 0 radical (unpaired) electrons. The molecule has 1 heterocycles. The van der Waals surface area contributed by atoms with Gasteiger partial charge in [-0.2, -0.15) is 0 Å². The van der Waals surface area contributed by atoms with Gasteiger partial charge >= 0.3 is 5.97 Å². The van der Waals surface area contributed by atoms with Crippen molar-refractivity contribution in [3.63, 3.8) is 0 Å². The van der Waals surface area contributed by atoms with E-state index in [1.54, 1.807) is 0 Å². The van der Waals surface area contributed by atoms with E-state index >= 15 is 0 Å². The van der Waals surface area contributed by atoms with Crippen LogP contribution in [0.3, 0.4) is 0 Å². The van der Waals surface area contributed by atoms with Crippen LogP contribution in [0, 0.1) is 0 Å². The fraction of sp³-hybridized carbons (Fsp3) is 0.944. The molecule has 166 valence electrons. The smallest absolute Gasteiger partial charge is 0.338 e. The number of carbonyl (C=O) groups is 1. The van der Waals surface area contributed by atoms with Crippen LogP contribution in [0.1, 0.15) is 27.7 Å². The van der Waals surface area contributed by atoms with Crippen LogP contribution in [0.4, 0.5) is 0 Å². The molecule has 0 saturated carbocycles. The summed E-state index contributed by atoms with van der Waals surface area (Å²) in [5.41, 5.74) is 0. The third kappa shape index (κ3) is 9.10. The lowest BCUT2D eigenvalue weighted by atomic mass is 9.99. The second-order valence-electron chi connectivity index (χ2n) is 5.64. The van der Waals surface area contributed by atoms with Gasteiger partial charge in [0.1, 0.15) is 39.4 Å². The molecular weight excluding hydrogens is 376 g/mol.